The summed E-state index contributed by atoms with van der Waals surface area (Å²) in [6.45, 7) is 0. The summed E-state index contributed by atoms with van der Waals surface area (Å²) in [4.78, 5) is 16.1. The van der Waals surface area contributed by atoms with Crippen molar-refractivity contribution in [2.24, 2.45) is 0 Å². The monoisotopic (exact) mass is 295 g/mol. The second-order valence-corrected chi connectivity index (χ2v) is 4.61. The highest BCUT2D eigenvalue weighted by molar-refractivity contribution is 5.78. The third-order valence-corrected chi connectivity index (χ3v) is 3.18. The van der Waals surface area contributed by atoms with Gasteiger partial charge in [-0.3, -0.25) is 0 Å². The molecule has 0 radical (unpaired) electrons. The molecule has 0 saturated carbocycles. The number of para-hydroxylation sites is 2. The van der Waals surface area contributed by atoms with Gasteiger partial charge < -0.3 is 14.3 Å². The van der Waals surface area contributed by atoms with E-state index in [0.29, 0.717) is 22.4 Å². The molecular weight excluding hydrogens is 282 g/mol. The molecule has 110 valence electrons. The largest absolute Gasteiger partial charge is 0.507 e. The van der Waals surface area contributed by atoms with Gasteiger partial charge in [-0.1, -0.05) is 12.1 Å². The van der Waals surface area contributed by atoms with Crippen LogP contribution in [0.5, 0.6) is 5.75 Å². The molecule has 0 aliphatic carbocycles. The SMILES string of the molecule is COc1ccc(/C(O)=C/c2nc3ccccc3oc2=O)cc1. The van der Waals surface area contributed by atoms with Gasteiger partial charge in [0.2, 0.25) is 0 Å². The van der Waals surface area contributed by atoms with E-state index >= 15 is 0 Å². The minimum absolute atomic E-state index is 0.0482. The molecule has 5 nitrogen and oxygen atoms in total. The molecule has 5 heteroatoms. The molecule has 1 heterocycles. The topological polar surface area (TPSA) is 72.6 Å². The number of aliphatic hydroxyl groups is 1. The van der Waals surface area contributed by atoms with E-state index in [-0.39, 0.29) is 11.5 Å². The van der Waals surface area contributed by atoms with Crippen LogP contribution in [0, 0.1) is 0 Å². The lowest BCUT2D eigenvalue weighted by Crippen LogP contribution is -2.06. The Morgan fingerprint density at radius 1 is 1.18 bits per heavy atom. The molecule has 1 aromatic heterocycles. The number of hydrogen-bond acceptors (Lipinski definition) is 5. The number of aliphatic hydroxyl groups excluding tert-OH is 1. The van der Waals surface area contributed by atoms with Crippen LogP contribution in [0.3, 0.4) is 0 Å². The van der Waals surface area contributed by atoms with Gasteiger partial charge in [-0.2, -0.15) is 0 Å². The summed E-state index contributed by atoms with van der Waals surface area (Å²) in [6, 6.07) is 13.8. The quantitative estimate of drug-likeness (QED) is 0.751. The Balaban J connectivity index is 2.02. The fraction of sp³-hybridized carbons (Fsp3) is 0.0588. The van der Waals surface area contributed by atoms with E-state index in [1.54, 1.807) is 55.6 Å². The first kappa shape index (κ1) is 13.9. The van der Waals surface area contributed by atoms with Gasteiger partial charge in [0.05, 0.1) is 7.11 Å². The maximum atomic E-state index is 11.9. The highest BCUT2D eigenvalue weighted by Gasteiger charge is 2.07. The number of methoxy groups -OCH3 is 1. The van der Waals surface area contributed by atoms with Crippen molar-refractivity contribution in [3.63, 3.8) is 0 Å². The van der Waals surface area contributed by atoms with E-state index in [2.05, 4.69) is 4.98 Å². The van der Waals surface area contributed by atoms with Crippen molar-refractivity contribution in [3.8, 4) is 5.75 Å². The van der Waals surface area contributed by atoms with Crippen molar-refractivity contribution in [1.29, 1.82) is 0 Å². The lowest BCUT2D eigenvalue weighted by atomic mass is 10.1. The van der Waals surface area contributed by atoms with Crippen LogP contribution < -0.4 is 10.4 Å². The molecular formula is C17H13NO4. The number of benzene rings is 2. The number of aromatic nitrogens is 1. The van der Waals surface area contributed by atoms with Crippen molar-refractivity contribution < 1.29 is 14.3 Å². The third kappa shape index (κ3) is 2.69. The smallest absolute Gasteiger partial charge is 0.362 e. The fourth-order valence-corrected chi connectivity index (χ4v) is 2.03. The maximum Gasteiger partial charge on any atom is 0.362 e. The van der Waals surface area contributed by atoms with E-state index in [1.807, 2.05) is 0 Å². The van der Waals surface area contributed by atoms with Gasteiger partial charge in [0, 0.05) is 11.6 Å². The van der Waals surface area contributed by atoms with Gasteiger partial charge >= 0.3 is 5.63 Å². The number of hydrogen-bond donors (Lipinski definition) is 1. The van der Waals surface area contributed by atoms with E-state index in [1.165, 1.54) is 6.08 Å². The first-order valence-electron chi connectivity index (χ1n) is 6.62. The summed E-state index contributed by atoms with van der Waals surface area (Å²) in [7, 11) is 1.56. The standard InChI is InChI=1S/C17H13NO4/c1-21-12-8-6-11(7-9-12)15(19)10-14-17(20)22-16-5-3-2-4-13(16)18-14/h2-10,19H,1H3/b15-10-. The lowest BCUT2D eigenvalue weighted by molar-refractivity contribution is 0.414. The molecule has 2 aromatic carbocycles. The molecule has 0 unspecified atom stereocenters. The van der Waals surface area contributed by atoms with Crippen LogP contribution in [0.25, 0.3) is 22.9 Å². The van der Waals surface area contributed by atoms with Gasteiger partial charge in [-0.05, 0) is 36.4 Å². The fourth-order valence-electron chi connectivity index (χ4n) is 2.03. The number of ether oxygens (including phenoxy) is 1. The van der Waals surface area contributed by atoms with Crippen molar-refractivity contribution in [3.05, 3.63) is 70.2 Å². The summed E-state index contributed by atoms with van der Waals surface area (Å²) in [6.07, 6.45) is 1.29. The van der Waals surface area contributed by atoms with Crippen LogP contribution >= 0.6 is 0 Å². The zero-order valence-electron chi connectivity index (χ0n) is 11.8. The summed E-state index contributed by atoms with van der Waals surface area (Å²) in [5.41, 5.74) is 0.963. The highest BCUT2D eigenvalue weighted by atomic mass is 16.5. The second-order valence-electron chi connectivity index (χ2n) is 4.61. The second kappa shape index (κ2) is 5.73. The molecule has 0 fully saturated rings. The summed E-state index contributed by atoms with van der Waals surface area (Å²) >= 11 is 0. The normalized spacial score (nSPS) is 11.6. The Bertz CT molecular complexity index is 894. The van der Waals surface area contributed by atoms with Crippen LogP contribution in [-0.4, -0.2) is 17.2 Å². The number of fused-ring (bicyclic) bond motifs is 1. The molecule has 1 N–H and O–H groups in total. The Hall–Kier alpha value is -3.08. The van der Waals surface area contributed by atoms with Crippen molar-refractivity contribution in [2.45, 2.75) is 0 Å². The van der Waals surface area contributed by atoms with Gasteiger partial charge in [0.15, 0.2) is 11.3 Å². The average molecular weight is 295 g/mol. The average Bonchev–Trinajstić information content (AvgIpc) is 2.55. The molecule has 0 bridgehead atoms. The molecule has 0 aliphatic heterocycles. The van der Waals surface area contributed by atoms with Gasteiger partial charge in [0.25, 0.3) is 0 Å². The van der Waals surface area contributed by atoms with Crippen LogP contribution in [0.1, 0.15) is 11.3 Å². The molecule has 0 atom stereocenters. The van der Waals surface area contributed by atoms with Crippen LogP contribution in [0.2, 0.25) is 0 Å². The van der Waals surface area contributed by atoms with Crippen LogP contribution in [0.4, 0.5) is 0 Å². The van der Waals surface area contributed by atoms with E-state index in [9.17, 15) is 9.90 Å². The zero-order valence-corrected chi connectivity index (χ0v) is 11.8. The Labute approximate surface area is 126 Å². The highest BCUT2D eigenvalue weighted by Crippen LogP contribution is 2.18. The molecule has 0 saturated heterocycles. The minimum Gasteiger partial charge on any atom is -0.507 e. The van der Waals surface area contributed by atoms with Crippen molar-refractivity contribution >= 4 is 22.9 Å². The summed E-state index contributed by atoms with van der Waals surface area (Å²) < 4.78 is 10.2. The van der Waals surface area contributed by atoms with Crippen molar-refractivity contribution in [1.82, 2.24) is 4.98 Å². The number of nitrogens with zero attached hydrogens (tertiary/aromatic N) is 1. The maximum absolute atomic E-state index is 11.9. The zero-order chi connectivity index (χ0) is 15.5. The summed E-state index contributed by atoms with van der Waals surface area (Å²) in [5.74, 6) is 0.609. The molecule has 0 spiro atoms. The predicted molar refractivity (Wildman–Crippen MR) is 83.8 cm³/mol. The molecule has 3 aromatic rings. The first-order valence-corrected chi connectivity index (χ1v) is 6.62. The lowest BCUT2D eigenvalue weighted by Gasteiger charge is -2.03. The third-order valence-electron chi connectivity index (χ3n) is 3.18. The van der Waals surface area contributed by atoms with Gasteiger partial charge in [0.1, 0.15) is 17.0 Å². The Kier molecular flexibility index (Phi) is 3.62. The van der Waals surface area contributed by atoms with E-state index < -0.39 is 5.63 Å². The van der Waals surface area contributed by atoms with E-state index in [4.69, 9.17) is 9.15 Å². The minimum atomic E-state index is -0.598. The number of rotatable bonds is 3. The van der Waals surface area contributed by atoms with Gasteiger partial charge in [-0.15, -0.1) is 0 Å². The Morgan fingerprint density at radius 2 is 1.91 bits per heavy atom. The van der Waals surface area contributed by atoms with Crippen LogP contribution in [0.15, 0.2) is 57.7 Å². The Morgan fingerprint density at radius 3 is 2.64 bits per heavy atom. The summed E-state index contributed by atoms with van der Waals surface area (Å²) in [5, 5.41) is 10.1. The van der Waals surface area contributed by atoms with Crippen LogP contribution in [-0.2, 0) is 0 Å². The first-order chi connectivity index (χ1) is 10.7. The van der Waals surface area contributed by atoms with E-state index in [0.717, 1.165) is 0 Å². The predicted octanol–water partition coefficient (Wildman–Crippen LogP) is 3.25. The molecule has 0 amide bonds. The van der Waals surface area contributed by atoms with Gasteiger partial charge in [-0.25, -0.2) is 9.78 Å². The molecule has 0 aliphatic rings. The molecule has 22 heavy (non-hydrogen) atoms. The van der Waals surface area contributed by atoms with Crippen molar-refractivity contribution in [2.75, 3.05) is 7.11 Å². The molecule has 3 rings (SSSR count).